The zero-order chi connectivity index (χ0) is 22.9. The highest BCUT2D eigenvalue weighted by molar-refractivity contribution is 7.20. The maximum Gasteiger partial charge on any atom is 0.345 e. The van der Waals surface area contributed by atoms with Gasteiger partial charge in [0, 0.05) is 20.7 Å². The van der Waals surface area contributed by atoms with E-state index in [0.29, 0.717) is 16.5 Å². The smallest absolute Gasteiger partial charge is 0.345 e. The van der Waals surface area contributed by atoms with Crippen LogP contribution in [0.1, 0.15) is 26.5 Å². The first-order chi connectivity index (χ1) is 16.0. The minimum atomic E-state index is -0.904. The molecule has 3 aromatic carbocycles. The summed E-state index contributed by atoms with van der Waals surface area (Å²) < 4.78 is 6.88. The Bertz CT molecular complexity index is 1520. The number of halogens is 1. The largest absolute Gasteiger partial charge is 0.489 e. The molecule has 0 aliphatic heterocycles. The molecule has 2 aromatic heterocycles. The van der Waals surface area contributed by atoms with E-state index in [1.54, 1.807) is 6.07 Å². The van der Waals surface area contributed by atoms with Crippen LogP contribution < -0.4 is 4.74 Å². The molecule has 2 heterocycles. The molecule has 6 heteroatoms. The second kappa shape index (κ2) is 8.70. The lowest BCUT2D eigenvalue weighted by molar-refractivity contribution is 0.0702. The van der Waals surface area contributed by atoms with E-state index in [1.807, 2.05) is 72.8 Å². The third-order valence-electron chi connectivity index (χ3n) is 5.36. The lowest BCUT2D eigenvalue weighted by atomic mass is 10.0. The Balaban J connectivity index is 1.29. The van der Waals surface area contributed by atoms with Crippen molar-refractivity contribution in [3.63, 3.8) is 0 Å². The molecule has 4 nitrogen and oxygen atoms in total. The molecule has 0 fully saturated rings. The maximum atomic E-state index is 11.2. The Morgan fingerprint density at radius 1 is 0.970 bits per heavy atom. The van der Waals surface area contributed by atoms with E-state index in [4.69, 9.17) is 26.4 Å². The summed E-state index contributed by atoms with van der Waals surface area (Å²) in [7, 11) is 0. The molecule has 0 saturated carbocycles. The lowest BCUT2D eigenvalue weighted by Crippen LogP contribution is -1.96. The molecule has 0 aliphatic carbocycles. The topological polar surface area (TPSA) is 59.4 Å². The van der Waals surface area contributed by atoms with Gasteiger partial charge in [-0.25, -0.2) is 9.78 Å². The molecular weight excluding hydrogens is 454 g/mol. The zero-order valence-corrected chi connectivity index (χ0v) is 19.0. The summed E-state index contributed by atoms with van der Waals surface area (Å²) >= 11 is 7.37. The van der Waals surface area contributed by atoms with Crippen LogP contribution in [0.2, 0.25) is 5.02 Å². The van der Waals surface area contributed by atoms with Crippen molar-refractivity contribution in [2.75, 3.05) is 0 Å². The zero-order valence-electron chi connectivity index (χ0n) is 17.4. The summed E-state index contributed by atoms with van der Waals surface area (Å²) in [6, 6.07) is 24.9. The normalized spacial score (nSPS) is 11.1. The van der Waals surface area contributed by atoms with Gasteiger partial charge in [0.15, 0.2) is 0 Å². The van der Waals surface area contributed by atoms with Gasteiger partial charge in [0.05, 0.1) is 11.2 Å². The maximum absolute atomic E-state index is 11.2. The average molecular weight is 472 g/mol. The van der Waals surface area contributed by atoms with Crippen molar-refractivity contribution in [3.8, 4) is 5.75 Å². The van der Waals surface area contributed by atoms with Gasteiger partial charge in [-0.3, -0.25) is 0 Å². The number of carboxylic acid groups (broad SMARTS) is 1. The highest BCUT2D eigenvalue weighted by Crippen LogP contribution is 2.28. The van der Waals surface area contributed by atoms with Crippen molar-refractivity contribution in [3.05, 3.63) is 112 Å². The molecule has 0 radical (unpaired) electrons. The summed E-state index contributed by atoms with van der Waals surface area (Å²) in [4.78, 5) is 16.2. The molecular formula is C27H18ClNO3S. The summed E-state index contributed by atoms with van der Waals surface area (Å²) in [6.45, 7) is 4.60. The van der Waals surface area contributed by atoms with Crippen molar-refractivity contribution < 1.29 is 14.6 Å². The number of rotatable bonds is 6. The van der Waals surface area contributed by atoms with Gasteiger partial charge in [-0.1, -0.05) is 48.5 Å². The molecule has 0 bridgehead atoms. The van der Waals surface area contributed by atoms with E-state index in [-0.39, 0.29) is 0 Å². The number of ether oxygens (including phenoxy) is 1. The Morgan fingerprint density at radius 3 is 2.55 bits per heavy atom. The van der Waals surface area contributed by atoms with Gasteiger partial charge in [-0.05, 0) is 65.0 Å². The number of hydrogen-bond acceptors (Lipinski definition) is 4. The number of thiophene rings is 1. The van der Waals surface area contributed by atoms with Gasteiger partial charge in [0.25, 0.3) is 0 Å². The average Bonchev–Trinajstić information content (AvgIpc) is 3.26. The van der Waals surface area contributed by atoms with E-state index in [9.17, 15) is 4.79 Å². The summed E-state index contributed by atoms with van der Waals surface area (Å²) in [5, 5.41) is 11.8. The van der Waals surface area contributed by atoms with Gasteiger partial charge in [-0.15, -0.1) is 11.3 Å². The molecule has 5 aromatic rings. The highest BCUT2D eigenvalue weighted by atomic mass is 35.5. The molecule has 0 aliphatic rings. The van der Waals surface area contributed by atoms with Crippen LogP contribution in [0.3, 0.4) is 0 Å². The van der Waals surface area contributed by atoms with Gasteiger partial charge in [0.2, 0.25) is 0 Å². The van der Waals surface area contributed by atoms with E-state index in [0.717, 1.165) is 49.1 Å². The first-order valence-electron chi connectivity index (χ1n) is 10.2. The Hall–Kier alpha value is -3.67. The summed E-state index contributed by atoms with van der Waals surface area (Å²) in [5.74, 6) is -0.167. The number of nitrogens with zero attached hydrogens (tertiary/aromatic N) is 1. The van der Waals surface area contributed by atoms with E-state index in [2.05, 4.69) is 6.58 Å². The fourth-order valence-electron chi connectivity index (χ4n) is 3.61. The van der Waals surface area contributed by atoms with Crippen molar-refractivity contribution >= 4 is 55.5 Å². The third-order valence-corrected chi connectivity index (χ3v) is 6.70. The van der Waals surface area contributed by atoms with Crippen LogP contribution in [-0.4, -0.2) is 16.1 Å². The van der Waals surface area contributed by atoms with Crippen molar-refractivity contribution in [2.45, 2.75) is 6.61 Å². The molecule has 0 unspecified atom stereocenters. The number of pyridine rings is 1. The highest BCUT2D eigenvalue weighted by Gasteiger charge is 2.10. The molecule has 33 heavy (non-hydrogen) atoms. The number of carboxylic acids is 1. The van der Waals surface area contributed by atoms with Crippen molar-refractivity contribution in [1.82, 2.24) is 4.98 Å². The number of carbonyl (C=O) groups is 1. The monoisotopic (exact) mass is 471 g/mol. The number of fused-ring (bicyclic) bond motifs is 2. The molecule has 1 N–H and O–H groups in total. The van der Waals surface area contributed by atoms with Crippen LogP contribution in [0, 0.1) is 0 Å². The van der Waals surface area contributed by atoms with Crippen LogP contribution in [-0.2, 0) is 6.61 Å². The second-order valence-corrected chi connectivity index (χ2v) is 9.13. The van der Waals surface area contributed by atoms with Crippen LogP contribution >= 0.6 is 22.9 Å². The standard InChI is InChI=1S/C27H18ClNO3S/c1-16(23-10-6-19-3-7-21(28)14-24(19)29-23)18-4-8-22(9-5-18)32-15-17-2-11-25-20(12-17)13-26(33-25)27(30)31/h2-14H,1,15H2,(H,30,31). The first kappa shape index (κ1) is 21.2. The van der Waals surface area contributed by atoms with E-state index >= 15 is 0 Å². The predicted octanol–water partition coefficient (Wildman–Crippen LogP) is 7.44. The van der Waals surface area contributed by atoms with Gasteiger partial charge >= 0.3 is 5.97 Å². The van der Waals surface area contributed by atoms with E-state index in [1.165, 1.54) is 11.3 Å². The van der Waals surface area contributed by atoms with Crippen molar-refractivity contribution in [2.24, 2.45) is 0 Å². The summed E-state index contributed by atoms with van der Waals surface area (Å²) in [6.07, 6.45) is 0. The first-order valence-corrected chi connectivity index (χ1v) is 11.4. The molecule has 0 atom stereocenters. The van der Waals surface area contributed by atoms with Crippen LogP contribution in [0.4, 0.5) is 0 Å². The van der Waals surface area contributed by atoms with Crippen LogP contribution in [0.15, 0.2) is 85.4 Å². The number of benzene rings is 3. The van der Waals surface area contributed by atoms with E-state index < -0.39 is 5.97 Å². The van der Waals surface area contributed by atoms with Gasteiger partial charge < -0.3 is 9.84 Å². The minimum absolute atomic E-state index is 0.336. The fourth-order valence-corrected chi connectivity index (χ4v) is 4.66. The third kappa shape index (κ3) is 4.46. The SMILES string of the molecule is C=C(c1ccc(OCc2ccc3sc(C(=O)O)cc3c2)cc1)c1ccc2ccc(Cl)cc2n1. The number of aromatic nitrogens is 1. The van der Waals surface area contributed by atoms with Crippen LogP contribution in [0.5, 0.6) is 5.75 Å². The van der Waals surface area contributed by atoms with Crippen LogP contribution in [0.25, 0.3) is 26.6 Å². The van der Waals surface area contributed by atoms with Gasteiger partial charge in [0.1, 0.15) is 17.2 Å². The number of aromatic carboxylic acids is 1. The molecule has 0 spiro atoms. The lowest BCUT2D eigenvalue weighted by Gasteiger charge is -2.10. The van der Waals surface area contributed by atoms with Gasteiger partial charge in [-0.2, -0.15) is 0 Å². The molecule has 162 valence electrons. The van der Waals surface area contributed by atoms with Crippen molar-refractivity contribution in [1.29, 1.82) is 0 Å². The second-order valence-electron chi connectivity index (χ2n) is 7.61. The molecule has 0 saturated heterocycles. The molecule has 5 rings (SSSR count). The fraction of sp³-hybridized carbons (Fsp3) is 0.0370. The summed E-state index contributed by atoms with van der Waals surface area (Å²) in [5.41, 5.74) is 4.38. The molecule has 0 amide bonds. The predicted molar refractivity (Wildman–Crippen MR) is 134 cm³/mol. The Kier molecular flexibility index (Phi) is 5.58. The Morgan fingerprint density at radius 2 is 1.76 bits per heavy atom. The quantitative estimate of drug-likeness (QED) is 0.279. The minimum Gasteiger partial charge on any atom is -0.489 e. The Labute approximate surface area is 199 Å². The number of hydrogen-bond donors (Lipinski definition) is 1.